The van der Waals surface area contributed by atoms with Crippen molar-refractivity contribution >= 4 is 0 Å². The fraction of sp³-hybridized carbons (Fsp3) is 0.714. The van der Waals surface area contributed by atoms with E-state index in [1.807, 2.05) is 6.07 Å². The number of hydrogen-bond acceptors (Lipinski definition) is 5. The molecule has 5 nitrogen and oxygen atoms in total. The van der Waals surface area contributed by atoms with Crippen LogP contribution < -0.4 is 4.74 Å². The van der Waals surface area contributed by atoms with E-state index < -0.39 is 11.7 Å². The largest absolute Gasteiger partial charge is 0.504 e. The van der Waals surface area contributed by atoms with Crippen LogP contribution in [0.5, 0.6) is 11.5 Å². The molecule has 8 atom stereocenters. The summed E-state index contributed by atoms with van der Waals surface area (Å²) >= 11 is 0. The molecule has 0 unspecified atom stereocenters. The Morgan fingerprint density at radius 1 is 1.21 bits per heavy atom. The topological polar surface area (TPSA) is 62.2 Å². The molecule has 1 aromatic carbocycles. The van der Waals surface area contributed by atoms with Gasteiger partial charge in [0, 0.05) is 36.6 Å². The van der Waals surface area contributed by atoms with Gasteiger partial charge in [0.15, 0.2) is 11.5 Å². The van der Waals surface area contributed by atoms with Gasteiger partial charge in [-0.25, -0.2) is 0 Å². The number of aliphatic hydroxyl groups excluding tert-OH is 1. The molecule has 2 N–H and O–H groups in total. The normalized spacial score (nSPS) is 49.6. The first-order chi connectivity index (χ1) is 15.8. The Bertz CT molecular complexity index is 1110. The second kappa shape index (κ2) is 5.63. The number of phenols is 1. The lowest BCUT2D eigenvalue weighted by Crippen LogP contribution is -2.82. The smallest absolute Gasteiger partial charge is 0.165 e. The summed E-state index contributed by atoms with van der Waals surface area (Å²) in [7, 11) is 1.80. The molecule has 1 aromatic rings. The zero-order valence-electron chi connectivity index (χ0n) is 19.9. The van der Waals surface area contributed by atoms with Crippen molar-refractivity contribution < 1.29 is 19.7 Å². The third-order valence-electron chi connectivity index (χ3n) is 11.4. The fourth-order valence-corrected chi connectivity index (χ4v) is 10.0. The molecule has 1 saturated heterocycles. The van der Waals surface area contributed by atoms with Crippen LogP contribution in [0.25, 0.3) is 0 Å². The molecule has 2 spiro atoms. The van der Waals surface area contributed by atoms with Gasteiger partial charge in [-0.05, 0) is 67.5 Å². The Hall–Kier alpha value is -1.56. The highest BCUT2D eigenvalue weighted by atomic mass is 16.6. The average Bonchev–Trinajstić information content (AvgIpc) is 3.47. The Balaban J connectivity index is 1.44. The predicted octanol–water partition coefficient (Wildman–Crippen LogP) is 3.41. The van der Waals surface area contributed by atoms with Crippen LogP contribution in [-0.2, 0) is 16.6 Å². The minimum atomic E-state index is -0.678. The maximum atomic E-state index is 11.7. The van der Waals surface area contributed by atoms with Gasteiger partial charge in [0.25, 0.3) is 0 Å². The quantitative estimate of drug-likeness (QED) is 0.693. The van der Waals surface area contributed by atoms with Gasteiger partial charge in [-0.1, -0.05) is 32.1 Å². The minimum Gasteiger partial charge on any atom is -0.504 e. The van der Waals surface area contributed by atoms with E-state index in [-0.39, 0.29) is 34.0 Å². The third-order valence-corrected chi connectivity index (χ3v) is 11.4. The summed E-state index contributed by atoms with van der Waals surface area (Å²) in [4.78, 5) is 2.80. The summed E-state index contributed by atoms with van der Waals surface area (Å²) in [5.41, 5.74) is 1.47. The molecule has 0 amide bonds. The van der Waals surface area contributed by atoms with Crippen molar-refractivity contribution in [3.63, 3.8) is 0 Å². The van der Waals surface area contributed by atoms with Crippen molar-refractivity contribution in [1.82, 2.24) is 4.90 Å². The second-order valence-corrected chi connectivity index (χ2v) is 12.9. The maximum absolute atomic E-state index is 11.7. The number of aliphatic hydroxyl groups is 1. The predicted molar refractivity (Wildman–Crippen MR) is 123 cm³/mol. The van der Waals surface area contributed by atoms with Gasteiger partial charge in [-0.2, -0.15) is 0 Å². The number of rotatable bonds is 3. The molecule has 4 fully saturated rings. The first-order valence-corrected chi connectivity index (χ1v) is 13.0. The van der Waals surface area contributed by atoms with Crippen LogP contribution in [0.1, 0.15) is 50.7 Å². The van der Waals surface area contributed by atoms with Gasteiger partial charge in [-0.15, -0.1) is 0 Å². The highest BCUT2D eigenvalue weighted by Crippen LogP contribution is 2.79. The van der Waals surface area contributed by atoms with Crippen LogP contribution >= 0.6 is 0 Å². The van der Waals surface area contributed by atoms with E-state index in [0.717, 1.165) is 31.7 Å². The zero-order valence-corrected chi connectivity index (χ0v) is 19.9. The van der Waals surface area contributed by atoms with Crippen molar-refractivity contribution in [3.05, 3.63) is 35.4 Å². The molecule has 33 heavy (non-hydrogen) atoms. The first-order valence-electron chi connectivity index (χ1n) is 13.0. The molecule has 6 aliphatic carbocycles. The van der Waals surface area contributed by atoms with Crippen molar-refractivity contribution in [2.75, 3.05) is 20.2 Å². The van der Waals surface area contributed by atoms with E-state index in [2.05, 4.69) is 37.0 Å². The molecule has 3 saturated carbocycles. The van der Waals surface area contributed by atoms with Crippen molar-refractivity contribution in [2.45, 2.75) is 75.2 Å². The number of likely N-dealkylation sites (tertiary alicyclic amines) is 1. The number of benzene rings is 1. The summed E-state index contributed by atoms with van der Waals surface area (Å²) in [6, 6.07) is 4.38. The lowest BCUT2D eigenvalue weighted by molar-refractivity contribution is -0.249. The number of phenolic OH excluding ortho intramolecular Hbond substituents is 1. The number of ether oxygens (including phenoxy) is 2. The molecule has 8 aliphatic rings. The van der Waals surface area contributed by atoms with Crippen LogP contribution in [0.4, 0.5) is 0 Å². The Morgan fingerprint density at radius 2 is 2.03 bits per heavy atom. The molecule has 2 aliphatic heterocycles. The summed E-state index contributed by atoms with van der Waals surface area (Å²) in [6.45, 7) is 6.74. The van der Waals surface area contributed by atoms with Crippen molar-refractivity contribution in [1.29, 1.82) is 0 Å². The molecular weight excluding hydrogens is 414 g/mol. The van der Waals surface area contributed by atoms with Crippen LogP contribution in [0, 0.1) is 28.6 Å². The van der Waals surface area contributed by atoms with E-state index in [4.69, 9.17) is 9.47 Å². The molecule has 176 valence electrons. The molecule has 4 bridgehead atoms. The average molecular weight is 450 g/mol. The van der Waals surface area contributed by atoms with E-state index in [9.17, 15) is 10.2 Å². The highest BCUT2D eigenvalue weighted by molar-refractivity contribution is 5.65. The molecule has 0 radical (unpaired) electrons. The van der Waals surface area contributed by atoms with Crippen LogP contribution in [0.2, 0.25) is 0 Å². The van der Waals surface area contributed by atoms with Gasteiger partial charge in [0.05, 0.1) is 11.5 Å². The number of piperidine rings is 1. The van der Waals surface area contributed by atoms with Crippen molar-refractivity contribution in [3.8, 4) is 11.5 Å². The van der Waals surface area contributed by atoms with E-state index in [0.29, 0.717) is 17.7 Å². The Labute approximate surface area is 195 Å². The molecule has 0 aromatic heterocycles. The molecular formula is C28H35NO4. The minimum absolute atomic E-state index is 0.00186. The van der Waals surface area contributed by atoms with Crippen LogP contribution in [-0.4, -0.2) is 59.2 Å². The monoisotopic (exact) mass is 449 g/mol. The van der Waals surface area contributed by atoms with Crippen LogP contribution in [0.15, 0.2) is 24.3 Å². The first kappa shape index (κ1) is 19.7. The van der Waals surface area contributed by atoms with Gasteiger partial charge < -0.3 is 19.7 Å². The molecule has 9 rings (SSSR count). The van der Waals surface area contributed by atoms with E-state index >= 15 is 0 Å². The second-order valence-electron chi connectivity index (χ2n) is 12.9. The van der Waals surface area contributed by atoms with Gasteiger partial charge in [0.2, 0.25) is 0 Å². The third kappa shape index (κ3) is 1.88. The van der Waals surface area contributed by atoms with Gasteiger partial charge >= 0.3 is 0 Å². The number of hydrogen-bond donors (Lipinski definition) is 2. The summed E-state index contributed by atoms with van der Waals surface area (Å²) in [5, 5.41) is 22.7. The summed E-state index contributed by atoms with van der Waals surface area (Å²) in [6.07, 6.45) is 9.90. The van der Waals surface area contributed by atoms with Gasteiger partial charge in [0.1, 0.15) is 11.7 Å². The lowest BCUT2D eigenvalue weighted by atomic mass is 9.34. The van der Waals surface area contributed by atoms with Crippen LogP contribution in [0.3, 0.4) is 0 Å². The Kier molecular flexibility index (Phi) is 3.37. The number of methoxy groups -OCH3 is 1. The van der Waals surface area contributed by atoms with Crippen molar-refractivity contribution in [2.24, 2.45) is 28.6 Å². The van der Waals surface area contributed by atoms with Gasteiger partial charge in [-0.3, -0.25) is 4.90 Å². The lowest BCUT2D eigenvalue weighted by Gasteiger charge is -2.73. The SMILES string of the molecule is CO[C@]12C=C[C@@]3([C@@H]4CC(C)(C)[C@@H](O)[C@@H]41)[C@H]1Cc4ccc(O)c5c4[C@@]3(CCN1CC1CC1)[C@H]2O5. The summed E-state index contributed by atoms with van der Waals surface area (Å²) < 4.78 is 13.3. The molecule has 2 heterocycles. The molecule has 5 heteroatoms. The standard InChI is InChI=1S/C28H35NO4/c1-25(2)13-17-21(23(25)31)28(32-3)9-8-26(17)19-12-16-6-7-18(30)22-20(16)27(26,24(28)33-22)10-11-29(19)14-15-4-5-15/h6-9,15,17,19,21,23-24,30-31H,4-5,10-14H2,1-3H3/t17-,19-,21-,23+,24-,26-,27+,28-/m1/s1. The zero-order chi connectivity index (χ0) is 22.5. The fourth-order valence-electron chi connectivity index (χ4n) is 10.0. The number of nitrogens with zero attached hydrogens (tertiary/aromatic N) is 1. The number of aromatic hydroxyl groups is 1. The maximum Gasteiger partial charge on any atom is 0.165 e. The highest BCUT2D eigenvalue weighted by Gasteiger charge is 2.84. The van der Waals surface area contributed by atoms with E-state index in [1.54, 1.807) is 7.11 Å². The van der Waals surface area contributed by atoms with E-state index in [1.165, 1.54) is 30.5 Å². The Morgan fingerprint density at radius 3 is 2.79 bits per heavy atom. The summed E-state index contributed by atoms with van der Waals surface area (Å²) in [5.74, 6) is 2.12.